The Morgan fingerprint density at radius 1 is 1.18 bits per heavy atom. The summed E-state index contributed by atoms with van der Waals surface area (Å²) < 4.78 is 41.0. The molecular weight excluding hydrogens is 303 g/mol. The average Bonchev–Trinajstić information content (AvgIpc) is 2.26. The van der Waals surface area contributed by atoms with Crippen LogP contribution in [-0.4, -0.2) is 28.8 Å². The molecule has 22 heavy (non-hydrogen) atoms. The Bertz CT molecular complexity index is 487. The molecule has 0 aliphatic carbocycles. The molecular formula is C13H16F3N3O3. The zero-order chi connectivity index (χ0) is 17.0. The molecule has 0 unspecified atom stereocenters. The molecule has 0 aliphatic rings. The number of nitrogens with zero attached hydrogens (tertiary/aromatic N) is 1. The van der Waals surface area contributed by atoms with E-state index in [0.717, 1.165) is 6.20 Å². The highest BCUT2D eigenvalue weighted by Gasteiger charge is 2.31. The first kappa shape index (κ1) is 17.7. The summed E-state index contributed by atoms with van der Waals surface area (Å²) in [5.41, 5.74) is -0.584. The number of rotatable bonds is 3. The lowest BCUT2D eigenvalue weighted by Gasteiger charge is -2.19. The van der Waals surface area contributed by atoms with Crippen LogP contribution < -0.4 is 10.6 Å². The number of aromatic nitrogens is 1. The third-order valence-corrected chi connectivity index (χ3v) is 2.04. The van der Waals surface area contributed by atoms with Crippen LogP contribution in [0.3, 0.4) is 0 Å². The fourth-order valence-corrected chi connectivity index (χ4v) is 1.34. The molecule has 9 heteroatoms. The number of pyridine rings is 1. The largest absolute Gasteiger partial charge is 0.444 e. The summed E-state index contributed by atoms with van der Waals surface area (Å²) in [4.78, 5) is 26.4. The number of nitrogens with one attached hydrogen (secondary N) is 2. The summed E-state index contributed by atoms with van der Waals surface area (Å²) in [5.74, 6) is -1.05. The van der Waals surface area contributed by atoms with Crippen molar-refractivity contribution in [3.8, 4) is 0 Å². The zero-order valence-electron chi connectivity index (χ0n) is 12.2. The van der Waals surface area contributed by atoms with Crippen molar-refractivity contribution < 1.29 is 27.5 Å². The predicted octanol–water partition coefficient (Wildman–Crippen LogP) is 3.32. The molecule has 0 aromatic carbocycles. The summed E-state index contributed by atoms with van der Waals surface area (Å²) in [6.45, 7) is 5.08. The van der Waals surface area contributed by atoms with E-state index in [9.17, 15) is 22.8 Å². The molecule has 1 rings (SSSR count). The number of anilines is 2. The van der Waals surface area contributed by atoms with Crippen LogP contribution in [0, 0.1) is 0 Å². The number of carbonyl (C=O) groups is 2. The number of carbonyl (C=O) groups excluding carboxylic acids is 2. The molecule has 0 saturated heterocycles. The van der Waals surface area contributed by atoms with Crippen molar-refractivity contribution in [1.82, 2.24) is 4.98 Å². The van der Waals surface area contributed by atoms with Gasteiger partial charge in [-0.25, -0.2) is 9.78 Å². The van der Waals surface area contributed by atoms with E-state index in [1.807, 2.05) is 0 Å². The van der Waals surface area contributed by atoms with Crippen LogP contribution >= 0.6 is 0 Å². The molecule has 1 aromatic heterocycles. The molecule has 2 N–H and O–H groups in total. The van der Waals surface area contributed by atoms with Gasteiger partial charge in [-0.15, -0.1) is 0 Å². The van der Waals surface area contributed by atoms with E-state index in [-0.39, 0.29) is 11.5 Å². The second kappa shape index (κ2) is 6.63. The monoisotopic (exact) mass is 319 g/mol. The van der Waals surface area contributed by atoms with E-state index in [1.165, 1.54) is 12.1 Å². The van der Waals surface area contributed by atoms with Gasteiger partial charge in [-0.3, -0.25) is 10.1 Å². The lowest BCUT2D eigenvalue weighted by Crippen LogP contribution is -2.27. The average molecular weight is 319 g/mol. The number of halogens is 3. The molecule has 1 aromatic rings. The number of amides is 2. The van der Waals surface area contributed by atoms with Crippen molar-refractivity contribution in [2.24, 2.45) is 0 Å². The summed E-state index contributed by atoms with van der Waals surface area (Å²) in [6.07, 6.45) is -5.74. The topological polar surface area (TPSA) is 80.3 Å². The Morgan fingerprint density at radius 2 is 1.82 bits per heavy atom. The highest BCUT2D eigenvalue weighted by Crippen LogP contribution is 2.20. The fourth-order valence-electron chi connectivity index (χ4n) is 1.34. The van der Waals surface area contributed by atoms with Crippen LogP contribution in [0.1, 0.15) is 27.2 Å². The van der Waals surface area contributed by atoms with Crippen LogP contribution in [0.25, 0.3) is 0 Å². The van der Waals surface area contributed by atoms with Gasteiger partial charge in [0.2, 0.25) is 5.91 Å². The van der Waals surface area contributed by atoms with Crippen molar-refractivity contribution in [3.05, 3.63) is 18.3 Å². The van der Waals surface area contributed by atoms with E-state index in [0.29, 0.717) is 0 Å². The maximum atomic E-state index is 12.0. The molecule has 0 radical (unpaired) electrons. The number of ether oxygens (including phenoxy) is 1. The number of alkyl halides is 3. The number of hydrogen-bond acceptors (Lipinski definition) is 4. The van der Waals surface area contributed by atoms with Crippen LogP contribution in [0.15, 0.2) is 18.3 Å². The van der Waals surface area contributed by atoms with Gasteiger partial charge in [-0.05, 0) is 32.9 Å². The van der Waals surface area contributed by atoms with Gasteiger partial charge in [0.1, 0.15) is 17.8 Å². The summed E-state index contributed by atoms with van der Waals surface area (Å²) in [6, 6.07) is 2.64. The van der Waals surface area contributed by atoms with E-state index < -0.39 is 30.2 Å². The van der Waals surface area contributed by atoms with E-state index in [4.69, 9.17) is 4.74 Å². The van der Waals surface area contributed by atoms with Crippen LogP contribution in [0.2, 0.25) is 0 Å². The Kier molecular flexibility index (Phi) is 5.34. The third-order valence-electron chi connectivity index (χ3n) is 2.04. The SMILES string of the molecule is CC(C)(C)OC(=O)Nc1ccc(NC(=O)CC(F)(F)F)cn1. The molecule has 0 spiro atoms. The molecule has 122 valence electrons. The highest BCUT2D eigenvalue weighted by atomic mass is 19.4. The first-order valence-electron chi connectivity index (χ1n) is 6.27. The van der Waals surface area contributed by atoms with Gasteiger partial charge in [0, 0.05) is 0 Å². The maximum absolute atomic E-state index is 12.0. The van der Waals surface area contributed by atoms with Crippen molar-refractivity contribution in [2.45, 2.75) is 39.0 Å². The van der Waals surface area contributed by atoms with E-state index in [1.54, 1.807) is 20.8 Å². The molecule has 0 aliphatic heterocycles. The first-order chi connectivity index (χ1) is 9.94. The van der Waals surface area contributed by atoms with Crippen LogP contribution in [0.5, 0.6) is 0 Å². The van der Waals surface area contributed by atoms with Crippen molar-refractivity contribution in [1.29, 1.82) is 0 Å². The highest BCUT2D eigenvalue weighted by molar-refractivity contribution is 5.91. The first-order valence-corrected chi connectivity index (χ1v) is 6.27. The lowest BCUT2D eigenvalue weighted by atomic mass is 10.2. The molecule has 0 atom stereocenters. The Labute approximate surface area is 125 Å². The van der Waals surface area contributed by atoms with Crippen molar-refractivity contribution in [3.63, 3.8) is 0 Å². The molecule has 0 bridgehead atoms. The molecule has 6 nitrogen and oxygen atoms in total. The summed E-state index contributed by atoms with van der Waals surface area (Å²) >= 11 is 0. The Balaban J connectivity index is 2.56. The Hall–Kier alpha value is -2.32. The van der Waals surface area contributed by atoms with Gasteiger partial charge < -0.3 is 10.1 Å². The minimum atomic E-state index is -4.57. The van der Waals surface area contributed by atoms with Crippen molar-refractivity contribution >= 4 is 23.5 Å². The third kappa shape index (κ3) is 7.46. The smallest absolute Gasteiger partial charge is 0.413 e. The van der Waals surface area contributed by atoms with E-state index in [2.05, 4.69) is 15.6 Å². The minimum absolute atomic E-state index is 0.0870. The predicted molar refractivity (Wildman–Crippen MR) is 73.4 cm³/mol. The standard InChI is InChI=1S/C13H16F3N3O3/c1-12(2,3)22-11(21)19-9-5-4-8(7-17-9)18-10(20)6-13(14,15)16/h4-5,7H,6H2,1-3H3,(H,18,20)(H,17,19,21). The molecule has 0 fully saturated rings. The fraction of sp³-hybridized carbons (Fsp3) is 0.462. The van der Waals surface area contributed by atoms with Crippen LogP contribution in [0.4, 0.5) is 29.5 Å². The minimum Gasteiger partial charge on any atom is -0.444 e. The summed E-state index contributed by atoms with van der Waals surface area (Å²) in [5, 5.41) is 4.40. The van der Waals surface area contributed by atoms with Crippen LogP contribution in [-0.2, 0) is 9.53 Å². The van der Waals surface area contributed by atoms with Crippen molar-refractivity contribution in [2.75, 3.05) is 10.6 Å². The van der Waals surface area contributed by atoms with Gasteiger partial charge in [-0.2, -0.15) is 13.2 Å². The Morgan fingerprint density at radius 3 is 2.27 bits per heavy atom. The molecule has 2 amide bonds. The maximum Gasteiger partial charge on any atom is 0.413 e. The van der Waals surface area contributed by atoms with Gasteiger partial charge >= 0.3 is 12.3 Å². The van der Waals surface area contributed by atoms with Gasteiger partial charge in [0.15, 0.2) is 0 Å². The zero-order valence-corrected chi connectivity index (χ0v) is 12.2. The molecule has 1 heterocycles. The van der Waals surface area contributed by atoms with Gasteiger partial charge in [0.05, 0.1) is 11.9 Å². The second-order valence-corrected chi connectivity index (χ2v) is 5.40. The quantitative estimate of drug-likeness (QED) is 0.895. The van der Waals surface area contributed by atoms with Gasteiger partial charge in [0.25, 0.3) is 0 Å². The van der Waals surface area contributed by atoms with Gasteiger partial charge in [-0.1, -0.05) is 0 Å². The second-order valence-electron chi connectivity index (χ2n) is 5.40. The lowest BCUT2D eigenvalue weighted by molar-refractivity contribution is -0.150. The molecule has 0 saturated carbocycles. The normalized spacial score (nSPS) is 11.7. The summed E-state index contributed by atoms with van der Waals surface area (Å²) in [7, 11) is 0. The van der Waals surface area contributed by atoms with E-state index >= 15 is 0 Å². The number of hydrogen-bond donors (Lipinski definition) is 2.